The van der Waals surface area contributed by atoms with E-state index in [1.165, 1.54) is 36.1 Å². The van der Waals surface area contributed by atoms with Crippen LogP contribution >= 0.6 is 0 Å². The second kappa shape index (κ2) is 6.28. The predicted octanol–water partition coefficient (Wildman–Crippen LogP) is 3.31. The molecule has 1 N–H and O–H groups in total. The smallest absolute Gasteiger partial charge is 0.290 e. The minimum Gasteiger partial charge on any atom is -0.503 e. The lowest BCUT2D eigenvalue weighted by Crippen LogP contribution is -2.30. The van der Waals surface area contributed by atoms with Crippen molar-refractivity contribution in [2.45, 2.75) is 19.5 Å². The van der Waals surface area contributed by atoms with E-state index in [9.17, 15) is 19.1 Å². The molecule has 1 aliphatic rings. The highest BCUT2D eigenvalue weighted by atomic mass is 19.1. The monoisotopic (exact) mass is 325 g/mol. The molecule has 0 spiro atoms. The van der Waals surface area contributed by atoms with Crippen molar-refractivity contribution in [3.05, 3.63) is 82.9 Å². The number of aliphatic hydroxyl groups excluding tert-OH is 1. The van der Waals surface area contributed by atoms with Crippen molar-refractivity contribution in [1.82, 2.24) is 4.90 Å². The van der Waals surface area contributed by atoms with Gasteiger partial charge in [-0.15, -0.1) is 0 Å². The zero-order valence-corrected chi connectivity index (χ0v) is 13.1. The van der Waals surface area contributed by atoms with Gasteiger partial charge in [0.25, 0.3) is 5.91 Å². The van der Waals surface area contributed by atoms with E-state index in [1.807, 2.05) is 30.3 Å². The number of rotatable bonds is 4. The number of Topliss-reactive ketones (excluding diaryl/α,β-unsaturated/α-hetero) is 1. The first-order valence-corrected chi connectivity index (χ1v) is 7.53. The van der Waals surface area contributed by atoms with Crippen molar-refractivity contribution in [2.24, 2.45) is 0 Å². The molecule has 0 saturated heterocycles. The summed E-state index contributed by atoms with van der Waals surface area (Å²) in [5, 5.41) is 10.2. The number of ketones is 1. The molecule has 0 unspecified atom stereocenters. The Morgan fingerprint density at radius 1 is 1.12 bits per heavy atom. The fraction of sp³-hybridized carbons (Fsp3) is 0.158. The summed E-state index contributed by atoms with van der Waals surface area (Å²) in [5.41, 5.74) is 1.49. The Kier molecular flexibility index (Phi) is 4.16. The molecular formula is C19H16FNO3. The van der Waals surface area contributed by atoms with Crippen LogP contribution in [0.1, 0.15) is 24.1 Å². The largest absolute Gasteiger partial charge is 0.503 e. The number of hydrogen-bond donors (Lipinski definition) is 1. The van der Waals surface area contributed by atoms with Crippen LogP contribution in [0.3, 0.4) is 0 Å². The predicted molar refractivity (Wildman–Crippen MR) is 86.5 cm³/mol. The third-order valence-corrected chi connectivity index (χ3v) is 4.06. The number of carbonyl (C=O) groups excluding carboxylic acids is 2. The third kappa shape index (κ3) is 2.80. The van der Waals surface area contributed by atoms with E-state index < -0.39 is 23.5 Å². The van der Waals surface area contributed by atoms with E-state index in [4.69, 9.17) is 0 Å². The van der Waals surface area contributed by atoms with Gasteiger partial charge in [0.05, 0.1) is 11.6 Å². The third-order valence-electron chi connectivity index (χ3n) is 4.06. The topological polar surface area (TPSA) is 57.6 Å². The van der Waals surface area contributed by atoms with Gasteiger partial charge >= 0.3 is 0 Å². The van der Waals surface area contributed by atoms with Gasteiger partial charge in [-0.2, -0.15) is 0 Å². The summed E-state index contributed by atoms with van der Waals surface area (Å²) in [6.07, 6.45) is 0. The van der Waals surface area contributed by atoms with E-state index in [1.54, 1.807) is 0 Å². The van der Waals surface area contributed by atoms with Gasteiger partial charge in [-0.3, -0.25) is 9.59 Å². The molecule has 24 heavy (non-hydrogen) atoms. The quantitative estimate of drug-likeness (QED) is 0.938. The van der Waals surface area contributed by atoms with Crippen molar-refractivity contribution in [2.75, 3.05) is 0 Å². The second-order valence-corrected chi connectivity index (χ2v) is 5.69. The maximum atomic E-state index is 13.2. The maximum Gasteiger partial charge on any atom is 0.290 e. The van der Waals surface area contributed by atoms with Crippen LogP contribution in [0.4, 0.5) is 4.39 Å². The molecule has 0 fully saturated rings. The van der Waals surface area contributed by atoms with Crippen molar-refractivity contribution < 1.29 is 19.1 Å². The van der Waals surface area contributed by atoms with Crippen LogP contribution in [0.2, 0.25) is 0 Å². The maximum absolute atomic E-state index is 13.2. The molecular weight excluding hydrogens is 309 g/mol. The summed E-state index contributed by atoms with van der Waals surface area (Å²) in [6.45, 7) is 1.55. The Labute approximate surface area is 138 Å². The molecule has 2 aromatic carbocycles. The van der Waals surface area contributed by atoms with Gasteiger partial charge in [-0.1, -0.05) is 42.5 Å². The fourth-order valence-corrected chi connectivity index (χ4v) is 2.95. The number of halogens is 1. The first-order chi connectivity index (χ1) is 11.5. The summed E-state index contributed by atoms with van der Waals surface area (Å²) < 4.78 is 13.2. The summed E-state index contributed by atoms with van der Waals surface area (Å²) in [7, 11) is 0. The molecule has 1 amide bonds. The molecule has 3 rings (SSSR count). The van der Waals surface area contributed by atoms with Gasteiger partial charge in [-0.05, 0) is 30.2 Å². The molecule has 0 radical (unpaired) electrons. The number of aliphatic hydroxyl groups is 1. The highest BCUT2D eigenvalue weighted by Crippen LogP contribution is 2.38. The summed E-state index contributed by atoms with van der Waals surface area (Å²) >= 11 is 0. The van der Waals surface area contributed by atoms with Gasteiger partial charge in [-0.25, -0.2) is 4.39 Å². The number of carbonyl (C=O) groups is 2. The molecule has 122 valence electrons. The molecule has 0 saturated carbocycles. The Balaban J connectivity index is 2.04. The van der Waals surface area contributed by atoms with Gasteiger partial charge < -0.3 is 10.0 Å². The van der Waals surface area contributed by atoms with Gasteiger partial charge in [0.1, 0.15) is 5.82 Å². The van der Waals surface area contributed by atoms with E-state index in [0.717, 1.165) is 5.56 Å². The van der Waals surface area contributed by atoms with Crippen LogP contribution in [0.25, 0.3) is 0 Å². The molecule has 0 aromatic heterocycles. The number of hydrogen-bond acceptors (Lipinski definition) is 3. The molecule has 5 heteroatoms. The number of benzene rings is 2. The Bertz CT molecular complexity index is 812. The lowest BCUT2D eigenvalue weighted by molar-refractivity contribution is -0.130. The van der Waals surface area contributed by atoms with Crippen molar-refractivity contribution in [3.63, 3.8) is 0 Å². The fourth-order valence-electron chi connectivity index (χ4n) is 2.95. The highest BCUT2D eigenvalue weighted by molar-refractivity contribution is 6.08. The zero-order valence-electron chi connectivity index (χ0n) is 13.1. The van der Waals surface area contributed by atoms with Gasteiger partial charge in [0.2, 0.25) is 0 Å². The van der Waals surface area contributed by atoms with E-state index in [-0.39, 0.29) is 17.9 Å². The van der Waals surface area contributed by atoms with Crippen molar-refractivity contribution in [3.8, 4) is 0 Å². The summed E-state index contributed by atoms with van der Waals surface area (Å²) in [5.74, 6) is -1.92. The van der Waals surface area contributed by atoms with Crippen molar-refractivity contribution >= 4 is 11.7 Å². The molecule has 1 atom stereocenters. The van der Waals surface area contributed by atoms with Crippen LogP contribution < -0.4 is 0 Å². The van der Waals surface area contributed by atoms with E-state index >= 15 is 0 Å². The number of amides is 1. The molecule has 1 aliphatic heterocycles. The van der Waals surface area contributed by atoms with Crippen molar-refractivity contribution in [1.29, 1.82) is 0 Å². The molecule has 1 heterocycles. The Morgan fingerprint density at radius 3 is 2.33 bits per heavy atom. The zero-order chi connectivity index (χ0) is 17.3. The first-order valence-electron chi connectivity index (χ1n) is 7.53. The molecule has 0 bridgehead atoms. The first kappa shape index (κ1) is 15.9. The van der Waals surface area contributed by atoms with E-state index in [0.29, 0.717) is 5.56 Å². The lowest BCUT2D eigenvalue weighted by atomic mass is 9.96. The molecule has 0 aliphatic carbocycles. The molecule has 4 nitrogen and oxygen atoms in total. The Morgan fingerprint density at radius 2 is 1.75 bits per heavy atom. The normalized spacial score (nSPS) is 17.5. The average molecular weight is 325 g/mol. The van der Waals surface area contributed by atoms with Crippen LogP contribution in [0, 0.1) is 5.82 Å². The van der Waals surface area contributed by atoms with Crippen LogP contribution in [0.5, 0.6) is 0 Å². The van der Waals surface area contributed by atoms with Crippen LogP contribution in [0.15, 0.2) is 65.9 Å². The standard InChI is InChI=1S/C19H16FNO3/c1-12(22)16-17(14-7-9-15(20)10-8-14)21(19(24)18(16)23)11-13-5-3-2-4-6-13/h2-10,17,23H,11H2,1H3/t17-/m1/s1. The molecule has 2 aromatic rings. The highest BCUT2D eigenvalue weighted by Gasteiger charge is 2.42. The van der Waals surface area contributed by atoms with Gasteiger partial charge in [0, 0.05) is 6.54 Å². The SMILES string of the molecule is CC(=O)C1=C(O)C(=O)N(Cc2ccccc2)[C@@H]1c1ccc(F)cc1. The minimum absolute atomic E-state index is 0.0440. The van der Waals surface area contributed by atoms with Gasteiger partial charge in [0.15, 0.2) is 11.5 Å². The lowest BCUT2D eigenvalue weighted by Gasteiger charge is -2.26. The second-order valence-electron chi connectivity index (χ2n) is 5.69. The minimum atomic E-state index is -0.726. The summed E-state index contributed by atoms with van der Waals surface area (Å²) in [4.78, 5) is 25.9. The average Bonchev–Trinajstić information content (AvgIpc) is 2.82. The van der Waals surface area contributed by atoms with Crippen LogP contribution in [-0.2, 0) is 16.1 Å². The Hall–Kier alpha value is -2.95. The van der Waals surface area contributed by atoms with E-state index in [2.05, 4.69) is 0 Å². The number of nitrogens with zero attached hydrogens (tertiary/aromatic N) is 1. The van der Waals surface area contributed by atoms with Crippen LogP contribution in [-0.4, -0.2) is 21.7 Å². The summed E-state index contributed by atoms with van der Waals surface area (Å²) in [6, 6.07) is 14.1.